The van der Waals surface area contributed by atoms with Gasteiger partial charge >= 0.3 is 0 Å². The topological polar surface area (TPSA) is 57.0 Å². The van der Waals surface area contributed by atoms with Crippen molar-refractivity contribution in [1.82, 2.24) is 14.8 Å². The molecule has 2 heterocycles. The highest BCUT2D eigenvalue weighted by atomic mass is 16.5. The van der Waals surface area contributed by atoms with Crippen molar-refractivity contribution in [3.8, 4) is 22.8 Å². The molecule has 0 spiro atoms. The van der Waals surface area contributed by atoms with E-state index in [4.69, 9.17) is 4.74 Å². The molecule has 0 aliphatic heterocycles. The number of aldehydes is 1. The van der Waals surface area contributed by atoms with Crippen LogP contribution in [0.15, 0.2) is 42.6 Å². The van der Waals surface area contributed by atoms with Crippen LogP contribution in [-0.2, 0) is 6.42 Å². The lowest BCUT2D eigenvalue weighted by Crippen LogP contribution is -2.01. The van der Waals surface area contributed by atoms with E-state index in [1.807, 2.05) is 18.2 Å². The number of fused-ring (bicyclic) bond motifs is 3. The van der Waals surface area contributed by atoms with Crippen molar-refractivity contribution in [1.29, 1.82) is 0 Å². The summed E-state index contributed by atoms with van der Waals surface area (Å²) in [6, 6.07) is 11.8. The average Bonchev–Trinajstić information content (AvgIpc) is 3.12. The molecule has 108 valence electrons. The highest BCUT2D eigenvalue weighted by molar-refractivity contribution is 5.85. The summed E-state index contributed by atoms with van der Waals surface area (Å²) < 4.78 is 6.87. The van der Waals surface area contributed by atoms with Gasteiger partial charge in [-0.2, -0.15) is 5.10 Å². The Morgan fingerprint density at radius 1 is 1.23 bits per heavy atom. The molecular weight excluding hydrogens is 278 g/mol. The van der Waals surface area contributed by atoms with E-state index in [1.54, 1.807) is 24.1 Å². The number of rotatable bonds is 3. The molecule has 0 atom stereocenters. The highest BCUT2D eigenvalue weighted by Crippen LogP contribution is 2.39. The third-order valence-electron chi connectivity index (χ3n) is 3.94. The molecule has 5 nitrogen and oxygen atoms in total. The number of carbonyl (C=O) groups excluding carboxylic acids is 1. The summed E-state index contributed by atoms with van der Waals surface area (Å²) in [7, 11) is 1.58. The van der Waals surface area contributed by atoms with Gasteiger partial charge in [0.1, 0.15) is 5.69 Å². The minimum Gasteiger partial charge on any atom is -0.481 e. The first-order chi connectivity index (χ1) is 10.8. The highest BCUT2D eigenvalue weighted by Gasteiger charge is 2.27. The monoisotopic (exact) mass is 291 g/mol. The van der Waals surface area contributed by atoms with E-state index in [9.17, 15) is 4.79 Å². The van der Waals surface area contributed by atoms with Crippen molar-refractivity contribution in [3.05, 3.63) is 59.4 Å². The zero-order valence-electron chi connectivity index (χ0n) is 12.0. The predicted molar refractivity (Wildman–Crippen MR) is 81.5 cm³/mol. The lowest BCUT2D eigenvalue weighted by Gasteiger charge is -2.07. The van der Waals surface area contributed by atoms with Gasteiger partial charge in [-0.05, 0) is 11.6 Å². The summed E-state index contributed by atoms with van der Waals surface area (Å²) in [6.07, 6.45) is 3.25. The maximum Gasteiger partial charge on any atom is 0.213 e. The Kier molecular flexibility index (Phi) is 2.79. The van der Waals surface area contributed by atoms with Crippen molar-refractivity contribution < 1.29 is 9.53 Å². The molecule has 0 saturated heterocycles. The summed E-state index contributed by atoms with van der Waals surface area (Å²) in [6.45, 7) is 0. The van der Waals surface area contributed by atoms with Crippen LogP contribution in [0.3, 0.4) is 0 Å². The van der Waals surface area contributed by atoms with Gasteiger partial charge in [0.05, 0.1) is 24.7 Å². The molecule has 4 rings (SSSR count). The molecule has 0 fully saturated rings. The van der Waals surface area contributed by atoms with Crippen LogP contribution in [0.5, 0.6) is 5.88 Å². The molecular formula is C17H13N3O2. The number of hydrogen-bond donors (Lipinski definition) is 0. The van der Waals surface area contributed by atoms with Crippen LogP contribution in [0, 0.1) is 0 Å². The Labute approximate surface area is 127 Å². The van der Waals surface area contributed by atoms with Crippen molar-refractivity contribution in [2.75, 3.05) is 7.11 Å². The van der Waals surface area contributed by atoms with Crippen LogP contribution in [0.2, 0.25) is 0 Å². The second-order valence-electron chi connectivity index (χ2n) is 5.13. The number of nitrogens with zero attached hydrogens (tertiary/aromatic N) is 3. The van der Waals surface area contributed by atoms with Crippen molar-refractivity contribution in [3.63, 3.8) is 0 Å². The van der Waals surface area contributed by atoms with E-state index in [0.29, 0.717) is 11.6 Å². The van der Waals surface area contributed by atoms with E-state index < -0.39 is 0 Å². The first kappa shape index (κ1) is 12.8. The maximum atomic E-state index is 11.4. The molecule has 0 unspecified atom stereocenters. The predicted octanol–water partition coefficient (Wildman–Crippen LogP) is 2.66. The third-order valence-corrected chi connectivity index (χ3v) is 3.94. The van der Waals surface area contributed by atoms with Crippen LogP contribution < -0.4 is 4.74 Å². The molecule has 0 amide bonds. The summed E-state index contributed by atoms with van der Waals surface area (Å²) in [5.41, 5.74) is 5.59. The second kappa shape index (κ2) is 4.80. The van der Waals surface area contributed by atoms with Crippen LogP contribution in [0.4, 0.5) is 0 Å². The van der Waals surface area contributed by atoms with Gasteiger partial charge in [0.2, 0.25) is 5.88 Å². The summed E-state index contributed by atoms with van der Waals surface area (Å²) in [5, 5.41) is 4.44. The quantitative estimate of drug-likeness (QED) is 0.544. The molecule has 2 aromatic heterocycles. The fourth-order valence-electron chi connectivity index (χ4n) is 2.91. The minimum absolute atomic E-state index is 0.488. The minimum atomic E-state index is 0.488. The molecule has 0 N–H and O–H groups in total. The van der Waals surface area contributed by atoms with Crippen molar-refractivity contribution >= 4 is 6.29 Å². The number of benzene rings is 1. The maximum absolute atomic E-state index is 11.4. The van der Waals surface area contributed by atoms with E-state index in [0.717, 1.165) is 35.2 Å². The molecule has 3 aromatic rings. The van der Waals surface area contributed by atoms with Crippen LogP contribution in [-0.4, -0.2) is 28.2 Å². The van der Waals surface area contributed by atoms with Gasteiger partial charge in [0.25, 0.3) is 0 Å². The number of methoxy groups -OCH3 is 1. The van der Waals surface area contributed by atoms with Gasteiger partial charge in [0, 0.05) is 23.6 Å². The van der Waals surface area contributed by atoms with E-state index in [-0.39, 0.29) is 0 Å². The van der Waals surface area contributed by atoms with E-state index in [1.165, 1.54) is 5.56 Å². The molecule has 1 aliphatic carbocycles. The molecule has 1 aliphatic rings. The van der Waals surface area contributed by atoms with Crippen molar-refractivity contribution in [2.45, 2.75) is 6.42 Å². The Balaban J connectivity index is 1.93. The third kappa shape index (κ3) is 1.75. The van der Waals surface area contributed by atoms with Gasteiger partial charge < -0.3 is 4.74 Å². The number of pyridine rings is 1. The summed E-state index contributed by atoms with van der Waals surface area (Å²) in [4.78, 5) is 15.6. The Morgan fingerprint density at radius 3 is 2.82 bits per heavy atom. The summed E-state index contributed by atoms with van der Waals surface area (Å²) in [5.74, 6) is 0.545. The molecule has 0 radical (unpaired) electrons. The Bertz CT molecular complexity index is 866. The number of carbonyl (C=O) groups is 1. The lowest BCUT2D eigenvalue weighted by molar-refractivity contribution is 0.111. The van der Waals surface area contributed by atoms with Crippen LogP contribution >= 0.6 is 0 Å². The molecule has 0 bridgehead atoms. The van der Waals surface area contributed by atoms with Crippen molar-refractivity contribution in [2.24, 2.45) is 0 Å². The largest absolute Gasteiger partial charge is 0.481 e. The first-order valence-electron chi connectivity index (χ1n) is 6.97. The van der Waals surface area contributed by atoms with Crippen LogP contribution in [0.1, 0.15) is 21.6 Å². The first-order valence-corrected chi connectivity index (χ1v) is 6.97. The summed E-state index contributed by atoms with van der Waals surface area (Å²) >= 11 is 0. The number of ether oxygens (including phenoxy) is 1. The normalized spacial score (nSPS) is 11.9. The van der Waals surface area contributed by atoms with Gasteiger partial charge in [-0.1, -0.05) is 24.3 Å². The standard InChI is InChI=1S/C17H13N3O2/c1-22-16-7-6-12(9-18-16)20-17-13-5-3-2-4-11(13)8-14(17)15(10-21)19-20/h2-7,9-10H,8H2,1H3. The average molecular weight is 291 g/mol. The molecule has 0 saturated carbocycles. The SMILES string of the molecule is COc1ccc(-n2nc(C=O)c3c2-c2ccccc2C3)cn1. The number of aromatic nitrogens is 3. The molecule has 1 aromatic carbocycles. The smallest absolute Gasteiger partial charge is 0.213 e. The van der Waals surface area contributed by atoms with Gasteiger partial charge in [-0.25, -0.2) is 9.67 Å². The van der Waals surface area contributed by atoms with Gasteiger partial charge in [-0.3, -0.25) is 4.79 Å². The second-order valence-corrected chi connectivity index (χ2v) is 5.13. The molecule has 5 heteroatoms. The zero-order chi connectivity index (χ0) is 15.1. The fraction of sp³-hybridized carbons (Fsp3) is 0.118. The Morgan fingerprint density at radius 2 is 2.09 bits per heavy atom. The van der Waals surface area contributed by atoms with Crippen LogP contribution in [0.25, 0.3) is 16.9 Å². The van der Waals surface area contributed by atoms with Gasteiger partial charge in [0.15, 0.2) is 6.29 Å². The number of hydrogen-bond acceptors (Lipinski definition) is 4. The molecule has 22 heavy (non-hydrogen) atoms. The van der Waals surface area contributed by atoms with E-state index in [2.05, 4.69) is 22.2 Å². The zero-order valence-corrected chi connectivity index (χ0v) is 12.0. The lowest BCUT2D eigenvalue weighted by atomic mass is 10.1. The Hall–Kier alpha value is -2.95. The fourth-order valence-corrected chi connectivity index (χ4v) is 2.91. The van der Waals surface area contributed by atoms with Gasteiger partial charge in [-0.15, -0.1) is 0 Å². The van der Waals surface area contributed by atoms with E-state index >= 15 is 0 Å².